The lowest BCUT2D eigenvalue weighted by Gasteiger charge is -2.37. The minimum absolute atomic E-state index is 0.216. The Morgan fingerprint density at radius 3 is 2.47 bits per heavy atom. The van der Waals surface area contributed by atoms with Gasteiger partial charge in [-0.1, -0.05) is 33.8 Å². The van der Waals surface area contributed by atoms with Crippen LogP contribution in [0.4, 0.5) is 0 Å². The van der Waals surface area contributed by atoms with Crippen LogP contribution in [0.3, 0.4) is 0 Å². The van der Waals surface area contributed by atoms with Gasteiger partial charge in [-0.2, -0.15) is 0 Å². The summed E-state index contributed by atoms with van der Waals surface area (Å²) in [6.45, 7) is 9.34. The number of hydrogen-bond donors (Lipinski definition) is 1. The monoisotopic (exact) mass is 212 g/mol. The molecule has 1 aliphatic rings. The van der Waals surface area contributed by atoms with Gasteiger partial charge in [0.05, 0.1) is 12.2 Å². The standard InChI is InChI=1S/C13H24O2/c1-5-7-15-13-10(4)9(3)12(14)8-11(13)6-2/h8-10,12-14H,5-7H2,1-4H3. The first-order valence-electron chi connectivity index (χ1n) is 6.12. The average Bonchev–Trinajstić information content (AvgIpc) is 2.24. The highest BCUT2D eigenvalue weighted by Crippen LogP contribution is 2.33. The Morgan fingerprint density at radius 2 is 1.93 bits per heavy atom. The van der Waals surface area contributed by atoms with Crippen molar-refractivity contribution in [3.05, 3.63) is 11.6 Å². The topological polar surface area (TPSA) is 29.5 Å². The van der Waals surface area contributed by atoms with Crippen molar-refractivity contribution in [1.82, 2.24) is 0 Å². The third-order valence-corrected chi connectivity index (χ3v) is 3.51. The molecule has 0 heterocycles. The van der Waals surface area contributed by atoms with E-state index in [4.69, 9.17) is 4.74 Å². The van der Waals surface area contributed by atoms with Crippen molar-refractivity contribution in [2.24, 2.45) is 11.8 Å². The number of ether oxygens (including phenoxy) is 1. The van der Waals surface area contributed by atoms with Crippen molar-refractivity contribution < 1.29 is 9.84 Å². The van der Waals surface area contributed by atoms with E-state index >= 15 is 0 Å². The summed E-state index contributed by atoms with van der Waals surface area (Å²) in [4.78, 5) is 0. The molecule has 0 saturated heterocycles. The van der Waals surface area contributed by atoms with Crippen molar-refractivity contribution in [2.45, 2.75) is 52.7 Å². The van der Waals surface area contributed by atoms with Crippen LogP contribution in [0.25, 0.3) is 0 Å². The van der Waals surface area contributed by atoms with Crippen molar-refractivity contribution in [2.75, 3.05) is 6.61 Å². The Kier molecular flexibility index (Phi) is 4.81. The van der Waals surface area contributed by atoms with Gasteiger partial charge in [-0.25, -0.2) is 0 Å². The molecule has 0 aromatic carbocycles. The Labute approximate surface area is 93.3 Å². The number of hydrogen-bond acceptors (Lipinski definition) is 2. The second kappa shape index (κ2) is 5.66. The fourth-order valence-electron chi connectivity index (χ4n) is 2.21. The summed E-state index contributed by atoms with van der Waals surface area (Å²) in [6, 6.07) is 0. The van der Waals surface area contributed by atoms with Crippen LogP contribution in [0.1, 0.15) is 40.5 Å². The molecular formula is C13H24O2. The maximum atomic E-state index is 9.86. The van der Waals surface area contributed by atoms with E-state index in [1.54, 1.807) is 0 Å². The molecular weight excluding hydrogens is 188 g/mol. The summed E-state index contributed by atoms with van der Waals surface area (Å²) in [5.74, 6) is 0.702. The minimum atomic E-state index is -0.295. The first-order chi connectivity index (χ1) is 7.11. The summed E-state index contributed by atoms with van der Waals surface area (Å²) in [7, 11) is 0. The van der Waals surface area contributed by atoms with Gasteiger partial charge in [-0.3, -0.25) is 0 Å². The molecule has 0 amide bonds. The van der Waals surface area contributed by atoms with E-state index in [1.807, 2.05) is 6.08 Å². The number of rotatable bonds is 4. The van der Waals surface area contributed by atoms with E-state index in [0.717, 1.165) is 19.4 Å². The third kappa shape index (κ3) is 2.82. The fourth-order valence-corrected chi connectivity index (χ4v) is 2.21. The first-order valence-corrected chi connectivity index (χ1v) is 6.12. The summed E-state index contributed by atoms with van der Waals surface area (Å²) < 4.78 is 5.89. The average molecular weight is 212 g/mol. The van der Waals surface area contributed by atoms with Crippen LogP contribution in [0.5, 0.6) is 0 Å². The van der Waals surface area contributed by atoms with E-state index in [1.165, 1.54) is 5.57 Å². The summed E-state index contributed by atoms with van der Waals surface area (Å²) in [6.07, 6.45) is 3.94. The van der Waals surface area contributed by atoms with Gasteiger partial charge in [0.25, 0.3) is 0 Å². The van der Waals surface area contributed by atoms with Crippen LogP contribution in [0.2, 0.25) is 0 Å². The van der Waals surface area contributed by atoms with Crippen LogP contribution >= 0.6 is 0 Å². The van der Waals surface area contributed by atoms with Gasteiger partial charge >= 0.3 is 0 Å². The Hall–Kier alpha value is -0.340. The largest absolute Gasteiger partial charge is 0.389 e. The van der Waals surface area contributed by atoms with E-state index in [9.17, 15) is 5.11 Å². The maximum Gasteiger partial charge on any atom is 0.0814 e. The zero-order chi connectivity index (χ0) is 11.4. The third-order valence-electron chi connectivity index (χ3n) is 3.51. The molecule has 0 saturated carbocycles. The molecule has 0 radical (unpaired) electrons. The van der Waals surface area contributed by atoms with Crippen LogP contribution in [-0.2, 0) is 4.74 Å². The zero-order valence-corrected chi connectivity index (χ0v) is 10.4. The van der Waals surface area contributed by atoms with Crippen LogP contribution in [0, 0.1) is 11.8 Å². The van der Waals surface area contributed by atoms with E-state index in [-0.39, 0.29) is 12.2 Å². The predicted molar refractivity (Wildman–Crippen MR) is 62.7 cm³/mol. The molecule has 1 rings (SSSR count). The summed E-state index contributed by atoms with van der Waals surface area (Å²) >= 11 is 0. The van der Waals surface area contributed by atoms with Crippen molar-refractivity contribution >= 4 is 0 Å². The van der Waals surface area contributed by atoms with Gasteiger partial charge in [0.2, 0.25) is 0 Å². The number of aliphatic hydroxyl groups excluding tert-OH is 1. The highest BCUT2D eigenvalue weighted by atomic mass is 16.5. The summed E-state index contributed by atoms with van der Waals surface area (Å²) in [5.41, 5.74) is 1.27. The summed E-state index contributed by atoms with van der Waals surface area (Å²) in [5, 5.41) is 9.86. The Balaban J connectivity index is 2.76. The molecule has 4 atom stereocenters. The van der Waals surface area contributed by atoms with E-state index < -0.39 is 0 Å². The second-order valence-corrected chi connectivity index (χ2v) is 4.60. The molecule has 4 unspecified atom stereocenters. The van der Waals surface area contributed by atoms with Gasteiger partial charge < -0.3 is 9.84 Å². The molecule has 0 bridgehead atoms. The van der Waals surface area contributed by atoms with Gasteiger partial charge in [-0.05, 0) is 30.3 Å². The normalized spacial score (nSPS) is 36.5. The molecule has 0 fully saturated rings. The molecule has 2 heteroatoms. The van der Waals surface area contributed by atoms with Crippen LogP contribution in [-0.4, -0.2) is 23.9 Å². The SMILES string of the molecule is CCCOC1C(CC)=CC(O)C(C)C1C. The van der Waals surface area contributed by atoms with Crippen molar-refractivity contribution in [3.63, 3.8) is 0 Å². The number of aliphatic hydroxyl groups is 1. The van der Waals surface area contributed by atoms with Crippen LogP contribution < -0.4 is 0 Å². The first kappa shape index (κ1) is 12.7. The fraction of sp³-hybridized carbons (Fsp3) is 0.846. The minimum Gasteiger partial charge on any atom is -0.389 e. The quantitative estimate of drug-likeness (QED) is 0.726. The molecule has 0 aromatic heterocycles. The van der Waals surface area contributed by atoms with Crippen molar-refractivity contribution in [3.8, 4) is 0 Å². The molecule has 88 valence electrons. The molecule has 15 heavy (non-hydrogen) atoms. The second-order valence-electron chi connectivity index (χ2n) is 4.60. The Morgan fingerprint density at radius 1 is 1.27 bits per heavy atom. The molecule has 1 N–H and O–H groups in total. The lowest BCUT2D eigenvalue weighted by Crippen LogP contribution is -2.38. The van der Waals surface area contributed by atoms with Gasteiger partial charge in [0.1, 0.15) is 0 Å². The molecule has 2 nitrogen and oxygen atoms in total. The smallest absolute Gasteiger partial charge is 0.0814 e. The van der Waals surface area contributed by atoms with Gasteiger partial charge in [0.15, 0.2) is 0 Å². The molecule has 0 aliphatic heterocycles. The Bertz CT molecular complexity index is 223. The maximum absolute atomic E-state index is 9.86. The zero-order valence-electron chi connectivity index (χ0n) is 10.4. The lowest BCUT2D eigenvalue weighted by molar-refractivity contribution is -0.0104. The molecule has 0 aromatic rings. The van der Waals surface area contributed by atoms with Gasteiger partial charge in [-0.15, -0.1) is 0 Å². The lowest BCUT2D eigenvalue weighted by atomic mass is 9.77. The highest BCUT2D eigenvalue weighted by molar-refractivity contribution is 5.17. The highest BCUT2D eigenvalue weighted by Gasteiger charge is 2.33. The van der Waals surface area contributed by atoms with E-state index in [0.29, 0.717) is 11.8 Å². The molecule has 1 aliphatic carbocycles. The molecule has 0 spiro atoms. The van der Waals surface area contributed by atoms with Crippen LogP contribution in [0.15, 0.2) is 11.6 Å². The van der Waals surface area contributed by atoms with Crippen molar-refractivity contribution in [1.29, 1.82) is 0 Å². The van der Waals surface area contributed by atoms with E-state index in [2.05, 4.69) is 27.7 Å². The van der Waals surface area contributed by atoms with Gasteiger partial charge in [0, 0.05) is 6.61 Å². The predicted octanol–water partition coefficient (Wildman–Crippen LogP) is 2.76.